The van der Waals surface area contributed by atoms with E-state index in [9.17, 15) is 5.26 Å². The van der Waals surface area contributed by atoms with Crippen LogP contribution in [0.2, 0.25) is 0 Å². The van der Waals surface area contributed by atoms with E-state index in [2.05, 4.69) is 6.07 Å². The minimum atomic E-state index is -0.659. The summed E-state index contributed by atoms with van der Waals surface area (Å²) in [5.74, 6) is 0. The first-order valence-electron chi connectivity index (χ1n) is 6.50. The van der Waals surface area contributed by atoms with Crippen LogP contribution >= 0.6 is 0 Å². The van der Waals surface area contributed by atoms with Crippen LogP contribution < -0.4 is 0 Å². The molecule has 1 unspecified atom stereocenters. The molecule has 0 N–H and O–H groups in total. The van der Waals surface area contributed by atoms with E-state index in [1.165, 1.54) is 0 Å². The molecule has 5 nitrogen and oxygen atoms in total. The molecule has 0 radical (unpaired) electrons. The zero-order chi connectivity index (χ0) is 13.8. The van der Waals surface area contributed by atoms with E-state index >= 15 is 0 Å². The first-order chi connectivity index (χ1) is 9.86. The van der Waals surface area contributed by atoms with Crippen molar-refractivity contribution in [3.05, 3.63) is 48.0 Å². The Morgan fingerprint density at radius 2 is 2.10 bits per heavy atom. The van der Waals surface area contributed by atoms with Crippen LogP contribution in [-0.4, -0.2) is 31.9 Å². The third kappa shape index (κ3) is 2.89. The summed E-state index contributed by atoms with van der Waals surface area (Å²) in [5.41, 5.74) is 0.810. The van der Waals surface area contributed by atoms with Gasteiger partial charge >= 0.3 is 0 Å². The van der Waals surface area contributed by atoms with Crippen LogP contribution in [0.3, 0.4) is 0 Å². The number of benzene rings is 1. The van der Waals surface area contributed by atoms with Gasteiger partial charge in [0, 0.05) is 0 Å². The van der Waals surface area contributed by atoms with Crippen LogP contribution in [0.15, 0.2) is 42.5 Å². The standard InChI is InChI=1S/C15H15NO4/c16-8-13(11-4-2-1-3-5-11)19-15-7-6-12-14(20-15)9-17-10-18-12/h1-7,12-15H,9-10H2/t12-,13-,14+,15?/m0/s1. The molecule has 20 heavy (non-hydrogen) atoms. The summed E-state index contributed by atoms with van der Waals surface area (Å²) in [6.07, 6.45) is 2.18. The van der Waals surface area contributed by atoms with Gasteiger partial charge in [0.15, 0.2) is 12.4 Å². The second kappa shape index (κ2) is 6.16. The van der Waals surface area contributed by atoms with Crippen molar-refractivity contribution >= 4 is 0 Å². The number of fused-ring (bicyclic) bond motifs is 1. The Bertz CT molecular complexity index is 510. The van der Waals surface area contributed by atoms with Gasteiger partial charge in [-0.2, -0.15) is 5.26 Å². The largest absolute Gasteiger partial charge is 0.353 e. The van der Waals surface area contributed by atoms with Crippen LogP contribution in [0.5, 0.6) is 0 Å². The molecule has 1 aromatic rings. The van der Waals surface area contributed by atoms with Crippen molar-refractivity contribution < 1.29 is 18.9 Å². The summed E-state index contributed by atoms with van der Waals surface area (Å²) in [7, 11) is 0. The fraction of sp³-hybridized carbons (Fsp3) is 0.400. The maximum absolute atomic E-state index is 9.24. The lowest BCUT2D eigenvalue weighted by atomic mass is 10.1. The molecular weight excluding hydrogens is 258 g/mol. The van der Waals surface area contributed by atoms with Crippen LogP contribution in [0.25, 0.3) is 0 Å². The highest BCUT2D eigenvalue weighted by Crippen LogP contribution is 2.25. The number of nitrogens with zero attached hydrogens (tertiary/aromatic N) is 1. The lowest BCUT2D eigenvalue weighted by Crippen LogP contribution is -2.44. The van der Waals surface area contributed by atoms with E-state index in [1.807, 2.05) is 36.4 Å². The molecule has 0 saturated carbocycles. The molecule has 1 fully saturated rings. The lowest BCUT2D eigenvalue weighted by Gasteiger charge is -2.35. The van der Waals surface area contributed by atoms with Crippen LogP contribution in [-0.2, 0) is 18.9 Å². The minimum absolute atomic E-state index is 0.0964. The smallest absolute Gasteiger partial charge is 0.179 e. The molecule has 1 aromatic carbocycles. The minimum Gasteiger partial charge on any atom is -0.353 e. The zero-order valence-electron chi connectivity index (χ0n) is 10.8. The fourth-order valence-electron chi connectivity index (χ4n) is 2.23. The van der Waals surface area contributed by atoms with Crippen LogP contribution in [0.1, 0.15) is 11.7 Å². The van der Waals surface area contributed by atoms with Crippen molar-refractivity contribution in [2.75, 3.05) is 13.4 Å². The Labute approximate surface area is 117 Å². The highest BCUT2D eigenvalue weighted by Gasteiger charge is 2.32. The summed E-state index contributed by atoms with van der Waals surface area (Å²) >= 11 is 0. The predicted molar refractivity (Wildman–Crippen MR) is 69.4 cm³/mol. The molecule has 2 heterocycles. The average Bonchev–Trinajstić information content (AvgIpc) is 2.53. The predicted octanol–water partition coefficient (Wildman–Crippen LogP) is 1.92. The molecule has 1 saturated heterocycles. The average molecular weight is 273 g/mol. The summed E-state index contributed by atoms with van der Waals surface area (Å²) in [6.45, 7) is 0.753. The van der Waals surface area contributed by atoms with Gasteiger partial charge in [0.1, 0.15) is 19.0 Å². The molecule has 104 valence electrons. The van der Waals surface area contributed by atoms with Crippen molar-refractivity contribution in [3.63, 3.8) is 0 Å². The van der Waals surface area contributed by atoms with Gasteiger partial charge in [-0.15, -0.1) is 0 Å². The number of nitriles is 1. The quantitative estimate of drug-likeness (QED) is 0.787. The normalized spacial score (nSPS) is 30.2. The van der Waals surface area contributed by atoms with Gasteiger partial charge in [0.25, 0.3) is 0 Å². The molecule has 0 aliphatic carbocycles. The van der Waals surface area contributed by atoms with E-state index in [1.54, 1.807) is 6.08 Å². The SMILES string of the molecule is N#C[C@H](OC1C=C[C@@H]2OCOC[C@H]2O1)c1ccccc1. The van der Waals surface area contributed by atoms with Crippen molar-refractivity contribution in [2.45, 2.75) is 24.6 Å². The fourth-order valence-corrected chi connectivity index (χ4v) is 2.23. The molecule has 4 atom stereocenters. The Balaban J connectivity index is 1.67. The molecule has 2 aliphatic rings. The zero-order valence-corrected chi connectivity index (χ0v) is 10.8. The summed E-state index contributed by atoms with van der Waals surface area (Å²) < 4.78 is 22.0. The maximum Gasteiger partial charge on any atom is 0.179 e. The molecule has 5 heteroatoms. The third-order valence-corrected chi connectivity index (χ3v) is 3.25. The molecule has 0 spiro atoms. The maximum atomic E-state index is 9.24. The first kappa shape index (κ1) is 13.3. The summed E-state index contributed by atoms with van der Waals surface area (Å²) in [4.78, 5) is 0. The molecule has 2 aliphatic heterocycles. The van der Waals surface area contributed by atoms with Crippen LogP contribution in [0, 0.1) is 11.3 Å². The topological polar surface area (TPSA) is 60.7 Å². The highest BCUT2D eigenvalue weighted by atomic mass is 16.7. The van der Waals surface area contributed by atoms with Crippen molar-refractivity contribution in [2.24, 2.45) is 0 Å². The second-order valence-electron chi connectivity index (χ2n) is 4.60. The molecular formula is C15H15NO4. The van der Waals surface area contributed by atoms with Crippen molar-refractivity contribution in [1.29, 1.82) is 5.26 Å². The lowest BCUT2D eigenvalue weighted by molar-refractivity contribution is -0.248. The third-order valence-electron chi connectivity index (χ3n) is 3.25. The Morgan fingerprint density at radius 1 is 1.25 bits per heavy atom. The Morgan fingerprint density at radius 3 is 2.90 bits per heavy atom. The van der Waals surface area contributed by atoms with Gasteiger partial charge in [-0.05, 0) is 11.6 Å². The van der Waals surface area contributed by atoms with Gasteiger partial charge in [-0.3, -0.25) is 0 Å². The van der Waals surface area contributed by atoms with Gasteiger partial charge in [0.05, 0.1) is 12.7 Å². The number of rotatable bonds is 3. The van der Waals surface area contributed by atoms with Gasteiger partial charge < -0.3 is 18.9 Å². The monoisotopic (exact) mass is 273 g/mol. The Kier molecular flexibility index (Phi) is 4.09. The molecule has 0 aromatic heterocycles. The number of hydrogen-bond acceptors (Lipinski definition) is 5. The number of ether oxygens (including phenoxy) is 4. The van der Waals surface area contributed by atoms with Crippen LogP contribution in [0.4, 0.5) is 0 Å². The second-order valence-corrected chi connectivity index (χ2v) is 4.60. The summed E-state index contributed by atoms with van der Waals surface area (Å²) in [5, 5.41) is 9.24. The van der Waals surface area contributed by atoms with Gasteiger partial charge in [0.2, 0.25) is 0 Å². The van der Waals surface area contributed by atoms with E-state index in [-0.39, 0.29) is 19.0 Å². The van der Waals surface area contributed by atoms with E-state index in [0.717, 1.165) is 5.56 Å². The number of hydrogen-bond donors (Lipinski definition) is 0. The summed E-state index contributed by atoms with van der Waals surface area (Å²) in [6, 6.07) is 11.5. The van der Waals surface area contributed by atoms with E-state index < -0.39 is 12.4 Å². The van der Waals surface area contributed by atoms with E-state index in [0.29, 0.717) is 6.61 Å². The van der Waals surface area contributed by atoms with Gasteiger partial charge in [-0.1, -0.05) is 36.4 Å². The molecule has 0 bridgehead atoms. The Hall–Kier alpha value is -1.71. The first-order valence-corrected chi connectivity index (χ1v) is 6.50. The van der Waals surface area contributed by atoms with E-state index in [4.69, 9.17) is 18.9 Å². The van der Waals surface area contributed by atoms with Crippen molar-refractivity contribution in [1.82, 2.24) is 0 Å². The molecule has 3 rings (SSSR count). The van der Waals surface area contributed by atoms with Crippen molar-refractivity contribution in [3.8, 4) is 6.07 Å². The van der Waals surface area contributed by atoms with Gasteiger partial charge in [-0.25, -0.2) is 0 Å². The molecule has 0 amide bonds. The highest BCUT2D eigenvalue weighted by molar-refractivity contribution is 5.22.